The Labute approximate surface area is 127 Å². The van der Waals surface area contributed by atoms with E-state index in [9.17, 15) is 13.2 Å². The van der Waals surface area contributed by atoms with Gasteiger partial charge in [0, 0.05) is 30.7 Å². The van der Waals surface area contributed by atoms with Crippen molar-refractivity contribution >= 4 is 16.6 Å². The van der Waals surface area contributed by atoms with E-state index in [1.54, 1.807) is 12.1 Å². The van der Waals surface area contributed by atoms with Crippen molar-refractivity contribution in [3.05, 3.63) is 36.0 Å². The molecular weight excluding hydrogens is 291 g/mol. The smallest absolute Gasteiger partial charge is 0.370 e. The van der Waals surface area contributed by atoms with Crippen molar-refractivity contribution in [2.24, 2.45) is 0 Å². The number of pyridine rings is 1. The lowest BCUT2D eigenvalue weighted by atomic mass is 10.1. The Hall–Kier alpha value is -1.82. The second-order valence-electron chi connectivity index (χ2n) is 5.69. The molecule has 0 unspecified atom stereocenters. The lowest BCUT2D eigenvalue weighted by Crippen LogP contribution is -2.29. The predicted molar refractivity (Wildman–Crippen MR) is 81.1 cm³/mol. The summed E-state index contributed by atoms with van der Waals surface area (Å²) < 4.78 is 39.3. The second-order valence-corrected chi connectivity index (χ2v) is 5.69. The van der Waals surface area contributed by atoms with E-state index in [0.717, 1.165) is 38.0 Å². The first-order chi connectivity index (χ1) is 10.4. The number of hydrogen-bond donors (Lipinski definition) is 0. The van der Waals surface area contributed by atoms with Gasteiger partial charge in [0.2, 0.25) is 0 Å². The lowest BCUT2D eigenvalue weighted by Gasteiger charge is -2.25. The van der Waals surface area contributed by atoms with Crippen LogP contribution in [0.4, 0.5) is 18.9 Å². The van der Waals surface area contributed by atoms with E-state index in [1.807, 2.05) is 24.1 Å². The number of rotatable bonds is 1. The fraction of sp³-hybridized carbons (Fsp3) is 0.438. The summed E-state index contributed by atoms with van der Waals surface area (Å²) in [5.74, 6) is 0. The topological polar surface area (TPSA) is 19.4 Å². The maximum absolute atomic E-state index is 13.1. The van der Waals surface area contributed by atoms with Gasteiger partial charge in [-0.3, -0.25) is 0 Å². The Kier molecular flexibility index (Phi) is 3.95. The van der Waals surface area contributed by atoms with Gasteiger partial charge < -0.3 is 9.80 Å². The van der Waals surface area contributed by atoms with E-state index < -0.39 is 11.9 Å². The molecule has 0 bridgehead atoms. The molecule has 1 fully saturated rings. The van der Waals surface area contributed by atoms with Gasteiger partial charge in [-0.25, -0.2) is 4.98 Å². The summed E-state index contributed by atoms with van der Waals surface area (Å²) in [5, 5.41) is 0.778. The Morgan fingerprint density at radius 3 is 2.59 bits per heavy atom. The van der Waals surface area contributed by atoms with Crippen LogP contribution in [0.2, 0.25) is 0 Å². The summed E-state index contributed by atoms with van der Waals surface area (Å²) in [7, 11) is 2.04. The zero-order chi connectivity index (χ0) is 15.7. The molecule has 0 atom stereocenters. The Bertz CT molecular complexity index is 669. The molecular formula is C16H18F3N3. The quantitative estimate of drug-likeness (QED) is 0.805. The standard InChI is InChI=1S/C16H18F3N3/c1-21-7-4-8-22(10-9-21)14-11-15(16(17,18)19)20-13-6-3-2-5-12(13)14/h2-3,5-6,11H,4,7-10H2,1H3. The molecule has 1 aliphatic heterocycles. The van der Waals surface area contributed by atoms with Gasteiger partial charge in [0.15, 0.2) is 0 Å². The minimum atomic E-state index is -4.43. The normalized spacial score (nSPS) is 17.7. The van der Waals surface area contributed by atoms with E-state index in [2.05, 4.69) is 9.88 Å². The Balaban J connectivity index is 2.10. The van der Waals surface area contributed by atoms with Crippen LogP contribution in [0.15, 0.2) is 30.3 Å². The summed E-state index contributed by atoms with van der Waals surface area (Å²) in [5.41, 5.74) is 0.206. The third-order valence-corrected chi connectivity index (χ3v) is 4.04. The second kappa shape index (κ2) is 5.76. The monoisotopic (exact) mass is 309 g/mol. The number of fused-ring (bicyclic) bond motifs is 1. The van der Waals surface area contributed by atoms with Crippen LogP contribution in [0.25, 0.3) is 10.9 Å². The van der Waals surface area contributed by atoms with Gasteiger partial charge in [0.25, 0.3) is 0 Å². The van der Waals surface area contributed by atoms with Crippen molar-refractivity contribution in [2.75, 3.05) is 38.1 Å². The van der Waals surface area contributed by atoms with E-state index in [1.165, 1.54) is 6.07 Å². The molecule has 2 aromatic rings. The lowest BCUT2D eigenvalue weighted by molar-refractivity contribution is -0.140. The fourth-order valence-corrected chi connectivity index (χ4v) is 2.85. The highest BCUT2D eigenvalue weighted by molar-refractivity contribution is 5.92. The Morgan fingerprint density at radius 1 is 1.05 bits per heavy atom. The van der Waals surface area contributed by atoms with Crippen molar-refractivity contribution in [2.45, 2.75) is 12.6 Å². The first-order valence-electron chi connectivity index (χ1n) is 7.35. The average Bonchev–Trinajstić information content (AvgIpc) is 2.70. The third-order valence-electron chi connectivity index (χ3n) is 4.04. The van der Waals surface area contributed by atoms with E-state index in [0.29, 0.717) is 11.2 Å². The molecule has 1 saturated heterocycles. The highest BCUT2D eigenvalue weighted by Gasteiger charge is 2.34. The van der Waals surface area contributed by atoms with Crippen LogP contribution in [0, 0.1) is 0 Å². The van der Waals surface area contributed by atoms with Crippen LogP contribution in [0.5, 0.6) is 0 Å². The van der Waals surface area contributed by atoms with Crippen LogP contribution in [0.1, 0.15) is 12.1 Å². The van der Waals surface area contributed by atoms with Crippen LogP contribution >= 0.6 is 0 Å². The van der Waals surface area contributed by atoms with Crippen molar-refractivity contribution in [1.29, 1.82) is 0 Å². The molecule has 2 heterocycles. The molecule has 6 heteroatoms. The molecule has 0 radical (unpaired) electrons. The minimum absolute atomic E-state index is 0.393. The molecule has 3 nitrogen and oxygen atoms in total. The molecule has 1 aromatic carbocycles. The zero-order valence-electron chi connectivity index (χ0n) is 12.4. The van der Waals surface area contributed by atoms with E-state index >= 15 is 0 Å². The van der Waals surface area contributed by atoms with Crippen LogP contribution in [0.3, 0.4) is 0 Å². The van der Waals surface area contributed by atoms with Crippen molar-refractivity contribution in [3.63, 3.8) is 0 Å². The van der Waals surface area contributed by atoms with Crippen molar-refractivity contribution in [1.82, 2.24) is 9.88 Å². The molecule has 1 aromatic heterocycles. The molecule has 118 valence electrons. The Morgan fingerprint density at radius 2 is 1.82 bits per heavy atom. The third kappa shape index (κ3) is 3.02. The number of nitrogens with zero attached hydrogens (tertiary/aromatic N) is 3. The maximum atomic E-state index is 13.1. The summed E-state index contributed by atoms with van der Waals surface area (Å²) in [4.78, 5) is 8.03. The van der Waals surface area contributed by atoms with Crippen molar-refractivity contribution in [3.8, 4) is 0 Å². The zero-order valence-corrected chi connectivity index (χ0v) is 12.4. The highest BCUT2D eigenvalue weighted by Crippen LogP contribution is 2.34. The average molecular weight is 309 g/mol. The summed E-state index contributed by atoms with van der Waals surface area (Å²) in [6, 6.07) is 8.22. The van der Waals surface area contributed by atoms with E-state index in [-0.39, 0.29) is 0 Å². The summed E-state index contributed by atoms with van der Waals surface area (Å²) in [6.45, 7) is 3.29. The van der Waals surface area contributed by atoms with Gasteiger partial charge in [-0.15, -0.1) is 0 Å². The molecule has 0 saturated carbocycles. The SMILES string of the molecule is CN1CCCN(c2cc(C(F)(F)F)nc3ccccc23)CC1. The molecule has 3 rings (SSSR count). The number of anilines is 1. The van der Waals surface area contributed by atoms with Crippen molar-refractivity contribution < 1.29 is 13.2 Å². The van der Waals surface area contributed by atoms with E-state index in [4.69, 9.17) is 0 Å². The van der Waals surface area contributed by atoms with Gasteiger partial charge >= 0.3 is 6.18 Å². The molecule has 22 heavy (non-hydrogen) atoms. The molecule has 0 amide bonds. The number of benzene rings is 1. The van der Waals surface area contributed by atoms with Gasteiger partial charge in [0.05, 0.1) is 5.52 Å². The first-order valence-corrected chi connectivity index (χ1v) is 7.35. The van der Waals surface area contributed by atoms with Gasteiger partial charge in [-0.1, -0.05) is 18.2 Å². The number of para-hydroxylation sites is 1. The first kappa shape index (κ1) is 15.1. The summed E-state index contributed by atoms with van der Waals surface area (Å²) in [6.07, 6.45) is -3.49. The maximum Gasteiger partial charge on any atom is 0.433 e. The number of halogens is 3. The highest BCUT2D eigenvalue weighted by atomic mass is 19.4. The van der Waals surface area contributed by atoms with Gasteiger partial charge in [0.1, 0.15) is 5.69 Å². The fourth-order valence-electron chi connectivity index (χ4n) is 2.85. The van der Waals surface area contributed by atoms with Gasteiger partial charge in [-0.2, -0.15) is 13.2 Å². The molecule has 1 aliphatic rings. The minimum Gasteiger partial charge on any atom is -0.370 e. The molecule has 0 aliphatic carbocycles. The van der Waals surface area contributed by atoms with Crippen LogP contribution in [-0.2, 0) is 6.18 Å². The van der Waals surface area contributed by atoms with Gasteiger partial charge in [-0.05, 0) is 32.1 Å². The largest absolute Gasteiger partial charge is 0.433 e. The number of hydrogen-bond acceptors (Lipinski definition) is 3. The number of alkyl halides is 3. The van der Waals surface area contributed by atoms with Crippen LogP contribution < -0.4 is 4.90 Å². The number of likely N-dealkylation sites (N-methyl/N-ethyl adjacent to an activating group) is 1. The van der Waals surface area contributed by atoms with Crippen LogP contribution in [-0.4, -0.2) is 43.1 Å². The predicted octanol–water partition coefficient (Wildman–Crippen LogP) is 3.40. The molecule has 0 spiro atoms. The summed E-state index contributed by atoms with van der Waals surface area (Å²) >= 11 is 0. The molecule has 0 N–H and O–H groups in total. The number of aromatic nitrogens is 1.